The van der Waals surface area contributed by atoms with Gasteiger partial charge in [-0.3, -0.25) is 19.9 Å². The number of hydrogen-bond donors (Lipinski definition) is 0. The quantitative estimate of drug-likeness (QED) is 0.478. The van der Waals surface area contributed by atoms with E-state index in [1.165, 1.54) is 19.2 Å². The molecule has 1 heterocycles. The maximum Gasteiger partial charge on any atom is 0.280 e. The van der Waals surface area contributed by atoms with Crippen molar-refractivity contribution < 1.29 is 14.5 Å². The Hall–Kier alpha value is -2.76. The largest absolute Gasteiger partial charge is 0.497 e. The third kappa shape index (κ3) is 2.57. The highest BCUT2D eigenvalue weighted by Gasteiger charge is 2.15. The molecule has 0 N–H and O–H groups in total. The molecule has 0 spiro atoms. The summed E-state index contributed by atoms with van der Waals surface area (Å²) in [7, 11) is 1.52. The second-order valence-electron chi connectivity index (χ2n) is 3.73. The Kier molecular flexibility index (Phi) is 3.51. The molecule has 0 atom stereocenters. The van der Waals surface area contributed by atoms with Gasteiger partial charge >= 0.3 is 0 Å². The van der Waals surface area contributed by atoms with Crippen molar-refractivity contribution in [3.63, 3.8) is 0 Å². The van der Waals surface area contributed by atoms with Gasteiger partial charge in [0.2, 0.25) is 0 Å². The molecule has 0 radical (unpaired) electrons. The summed E-state index contributed by atoms with van der Waals surface area (Å²) in [6, 6.07) is 7.68. The van der Waals surface area contributed by atoms with Crippen LogP contribution in [-0.4, -0.2) is 23.3 Å². The molecule has 2 aromatic rings. The molecule has 1 aromatic carbocycles. The predicted molar refractivity (Wildman–Crippen MR) is 68.3 cm³/mol. The Morgan fingerprint density at radius 2 is 2.11 bits per heavy atom. The van der Waals surface area contributed by atoms with Crippen molar-refractivity contribution in [1.82, 2.24) is 4.98 Å². The third-order valence-electron chi connectivity index (χ3n) is 2.62. The number of nitro groups is 1. The van der Waals surface area contributed by atoms with Crippen molar-refractivity contribution >= 4 is 12.0 Å². The van der Waals surface area contributed by atoms with Crippen molar-refractivity contribution in [3.05, 3.63) is 52.2 Å². The number of aromatic nitrogens is 1. The standard InChI is InChI=1S/C13H10N2O4/c1-19-11-4-5-14-12(7-11)9-2-3-10(8-16)13(6-9)15(17)18/h2-8H,1H3. The summed E-state index contributed by atoms with van der Waals surface area (Å²) in [6.07, 6.45) is 2.01. The molecule has 6 nitrogen and oxygen atoms in total. The van der Waals surface area contributed by atoms with E-state index in [-0.39, 0.29) is 11.3 Å². The van der Waals surface area contributed by atoms with Gasteiger partial charge in [0.1, 0.15) is 5.75 Å². The molecular formula is C13H10N2O4. The first-order chi connectivity index (χ1) is 9.15. The fourth-order valence-electron chi connectivity index (χ4n) is 1.66. The van der Waals surface area contributed by atoms with E-state index in [1.54, 1.807) is 24.4 Å². The lowest BCUT2D eigenvalue weighted by Gasteiger charge is -2.04. The van der Waals surface area contributed by atoms with Gasteiger partial charge in [0, 0.05) is 23.9 Å². The van der Waals surface area contributed by atoms with E-state index in [1.807, 2.05) is 0 Å². The van der Waals surface area contributed by atoms with Crippen LogP contribution in [0.2, 0.25) is 0 Å². The van der Waals surface area contributed by atoms with Crippen LogP contribution in [-0.2, 0) is 0 Å². The second-order valence-corrected chi connectivity index (χ2v) is 3.73. The molecule has 0 unspecified atom stereocenters. The van der Waals surface area contributed by atoms with Gasteiger partial charge < -0.3 is 4.74 Å². The van der Waals surface area contributed by atoms with E-state index in [0.29, 0.717) is 23.3 Å². The van der Waals surface area contributed by atoms with Crippen LogP contribution in [0.3, 0.4) is 0 Å². The van der Waals surface area contributed by atoms with Crippen LogP contribution in [0.15, 0.2) is 36.5 Å². The number of carbonyl (C=O) groups excluding carboxylic acids is 1. The minimum Gasteiger partial charge on any atom is -0.497 e. The van der Waals surface area contributed by atoms with Crippen LogP contribution in [0, 0.1) is 10.1 Å². The number of benzene rings is 1. The van der Waals surface area contributed by atoms with Crippen molar-refractivity contribution in [3.8, 4) is 17.0 Å². The number of carbonyl (C=O) groups is 1. The first kappa shape index (κ1) is 12.7. The fraction of sp³-hybridized carbons (Fsp3) is 0.0769. The van der Waals surface area contributed by atoms with Crippen molar-refractivity contribution in [2.45, 2.75) is 0 Å². The van der Waals surface area contributed by atoms with Crippen LogP contribution in [0.25, 0.3) is 11.3 Å². The summed E-state index contributed by atoms with van der Waals surface area (Å²) in [5.41, 5.74) is 0.893. The smallest absolute Gasteiger partial charge is 0.280 e. The highest BCUT2D eigenvalue weighted by molar-refractivity contribution is 5.83. The molecule has 1 aromatic heterocycles. The maximum absolute atomic E-state index is 10.9. The predicted octanol–water partition coefficient (Wildman–Crippen LogP) is 2.48. The molecule has 0 aliphatic carbocycles. The van der Waals surface area contributed by atoms with Gasteiger partial charge in [0.25, 0.3) is 5.69 Å². The Balaban J connectivity index is 2.53. The molecule has 0 fully saturated rings. The van der Waals surface area contributed by atoms with Crippen molar-refractivity contribution in [1.29, 1.82) is 0 Å². The lowest BCUT2D eigenvalue weighted by molar-refractivity contribution is -0.385. The first-order valence-corrected chi connectivity index (χ1v) is 5.39. The highest BCUT2D eigenvalue weighted by atomic mass is 16.6. The van der Waals surface area contributed by atoms with Gasteiger partial charge in [0.15, 0.2) is 6.29 Å². The van der Waals surface area contributed by atoms with Crippen LogP contribution >= 0.6 is 0 Å². The molecule has 0 saturated carbocycles. The summed E-state index contributed by atoms with van der Waals surface area (Å²) in [5.74, 6) is 0.604. The van der Waals surface area contributed by atoms with E-state index in [4.69, 9.17) is 4.74 Å². The molecule has 6 heteroatoms. The topological polar surface area (TPSA) is 82.3 Å². The molecule has 0 saturated heterocycles. The normalized spacial score (nSPS) is 9.95. The van der Waals surface area contributed by atoms with Crippen LogP contribution in [0.5, 0.6) is 5.75 Å². The molecular weight excluding hydrogens is 248 g/mol. The minimum atomic E-state index is -0.590. The number of rotatable bonds is 4. The number of hydrogen-bond acceptors (Lipinski definition) is 5. The van der Waals surface area contributed by atoms with Gasteiger partial charge in [-0.25, -0.2) is 0 Å². The first-order valence-electron chi connectivity index (χ1n) is 5.39. The summed E-state index contributed by atoms with van der Waals surface area (Å²) >= 11 is 0. The highest BCUT2D eigenvalue weighted by Crippen LogP contribution is 2.27. The molecule has 0 amide bonds. The number of nitro benzene ring substituents is 1. The molecule has 0 aliphatic heterocycles. The second kappa shape index (κ2) is 5.26. The lowest BCUT2D eigenvalue weighted by Crippen LogP contribution is -1.95. The van der Waals surface area contributed by atoms with Gasteiger partial charge in [0.05, 0.1) is 23.3 Å². The van der Waals surface area contributed by atoms with Crippen molar-refractivity contribution in [2.75, 3.05) is 7.11 Å². The Bertz CT molecular complexity index is 640. The molecule has 19 heavy (non-hydrogen) atoms. The van der Waals surface area contributed by atoms with Crippen LogP contribution in [0.4, 0.5) is 5.69 Å². The van der Waals surface area contributed by atoms with E-state index >= 15 is 0 Å². The monoisotopic (exact) mass is 258 g/mol. The maximum atomic E-state index is 10.9. The minimum absolute atomic E-state index is 0.0386. The molecule has 0 bridgehead atoms. The summed E-state index contributed by atoms with van der Waals surface area (Å²) < 4.78 is 5.07. The van der Waals surface area contributed by atoms with E-state index in [9.17, 15) is 14.9 Å². The summed E-state index contributed by atoms with van der Waals surface area (Å²) in [6.45, 7) is 0. The molecule has 2 rings (SSSR count). The Labute approximate surface area is 108 Å². The molecule has 0 aliphatic rings. The number of nitrogens with zero attached hydrogens (tertiary/aromatic N) is 2. The lowest BCUT2D eigenvalue weighted by atomic mass is 10.1. The number of aldehydes is 1. The van der Waals surface area contributed by atoms with Gasteiger partial charge in [-0.15, -0.1) is 0 Å². The van der Waals surface area contributed by atoms with E-state index < -0.39 is 4.92 Å². The van der Waals surface area contributed by atoms with Crippen molar-refractivity contribution in [2.24, 2.45) is 0 Å². The zero-order valence-electron chi connectivity index (χ0n) is 10.1. The van der Waals surface area contributed by atoms with Gasteiger partial charge in [-0.1, -0.05) is 6.07 Å². The fourth-order valence-corrected chi connectivity index (χ4v) is 1.66. The van der Waals surface area contributed by atoms with Crippen LogP contribution in [0.1, 0.15) is 10.4 Å². The molecule has 96 valence electrons. The average molecular weight is 258 g/mol. The number of ether oxygens (including phenoxy) is 1. The number of methoxy groups -OCH3 is 1. The average Bonchev–Trinajstić information content (AvgIpc) is 2.46. The summed E-state index contributed by atoms with van der Waals surface area (Å²) in [4.78, 5) is 25.2. The van der Waals surface area contributed by atoms with Gasteiger partial charge in [-0.2, -0.15) is 0 Å². The zero-order valence-corrected chi connectivity index (χ0v) is 10.1. The Morgan fingerprint density at radius 1 is 1.32 bits per heavy atom. The van der Waals surface area contributed by atoms with Gasteiger partial charge in [-0.05, 0) is 12.1 Å². The third-order valence-corrected chi connectivity index (χ3v) is 2.62. The SMILES string of the molecule is COc1ccnc(-c2ccc(C=O)c([N+](=O)[O-])c2)c1. The van der Waals surface area contributed by atoms with Crippen LogP contribution < -0.4 is 4.74 Å². The van der Waals surface area contributed by atoms with E-state index in [2.05, 4.69) is 4.98 Å². The number of pyridine rings is 1. The summed E-state index contributed by atoms with van der Waals surface area (Å²) in [5, 5.41) is 10.9. The van der Waals surface area contributed by atoms with E-state index in [0.717, 1.165) is 0 Å². The Morgan fingerprint density at radius 3 is 2.74 bits per heavy atom. The zero-order chi connectivity index (χ0) is 13.8.